The molecule has 4 aromatic rings. The Hall–Kier alpha value is -3.97. The van der Waals surface area contributed by atoms with Crippen molar-refractivity contribution < 1.29 is 14.3 Å². The van der Waals surface area contributed by atoms with Gasteiger partial charge in [-0.15, -0.1) is 11.3 Å². The number of ether oxygens (including phenoxy) is 1. The van der Waals surface area contributed by atoms with Gasteiger partial charge in [-0.3, -0.25) is 19.5 Å². The Labute approximate surface area is 215 Å². The number of aromatic nitrogens is 1. The van der Waals surface area contributed by atoms with Crippen LogP contribution in [-0.4, -0.2) is 23.9 Å². The van der Waals surface area contributed by atoms with Crippen molar-refractivity contribution in [3.8, 4) is 5.75 Å². The molecule has 0 radical (unpaired) electrons. The lowest BCUT2D eigenvalue weighted by atomic mass is 10.0. The van der Waals surface area contributed by atoms with Gasteiger partial charge in [-0.25, -0.2) is 0 Å². The van der Waals surface area contributed by atoms with Crippen LogP contribution in [-0.2, 0) is 22.6 Å². The van der Waals surface area contributed by atoms with E-state index in [4.69, 9.17) is 4.74 Å². The maximum Gasteiger partial charge on any atom is 0.248 e. The molecule has 1 atom stereocenters. The molecule has 0 bridgehead atoms. The molecule has 0 aliphatic rings. The first-order valence-corrected chi connectivity index (χ1v) is 12.6. The van der Waals surface area contributed by atoms with E-state index in [1.165, 1.54) is 11.3 Å². The minimum Gasteiger partial charge on any atom is -0.497 e. The van der Waals surface area contributed by atoms with Gasteiger partial charge in [0, 0.05) is 29.5 Å². The zero-order chi connectivity index (χ0) is 25.5. The van der Waals surface area contributed by atoms with Crippen LogP contribution >= 0.6 is 11.3 Å². The number of amides is 2. The Morgan fingerprint density at radius 1 is 1.00 bits per heavy atom. The number of aryl methyl sites for hydroxylation is 1. The lowest BCUT2D eigenvalue weighted by Gasteiger charge is -2.33. The van der Waals surface area contributed by atoms with Crippen LogP contribution in [0, 0.1) is 13.8 Å². The monoisotopic (exact) mass is 499 g/mol. The fourth-order valence-electron chi connectivity index (χ4n) is 4.05. The third-order valence-electron chi connectivity index (χ3n) is 6.16. The normalized spacial score (nSPS) is 11.5. The van der Waals surface area contributed by atoms with Crippen LogP contribution in [0.5, 0.6) is 5.75 Å². The van der Waals surface area contributed by atoms with Crippen LogP contribution in [0.15, 0.2) is 84.5 Å². The quantitative estimate of drug-likeness (QED) is 0.335. The van der Waals surface area contributed by atoms with E-state index >= 15 is 0 Å². The summed E-state index contributed by atoms with van der Waals surface area (Å²) in [7, 11) is 1.62. The first kappa shape index (κ1) is 25.1. The largest absolute Gasteiger partial charge is 0.497 e. The molecule has 0 fully saturated rings. The summed E-state index contributed by atoms with van der Waals surface area (Å²) in [5, 5.41) is 4.99. The van der Waals surface area contributed by atoms with Crippen molar-refractivity contribution in [1.29, 1.82) is 0 Å². The Kier molecular flexibility index (Phi) is 8.13. The van der Waals surface area contributed by atoms with Crippen molar-refractivity contribution in [3.63, 3.8) is 0 Å². The first-order chi connectivity index (χ1) is 17.5. The molecule has 0 unspecified atom stereocenters. The number of benzene rings is 2. The van der Waals surface area contributed by atoms with E-state index in [2.05, 4.69) is 10.3 Å². The zero-order valence-electron chi connectivity index (χ0n) is 20.6. The van der Waals surface area contributed by atoms with Crippen LogP contribution in [0.1, 0.15) is 33.2 Å². The summed E-state index contributed by atoms with van der Waals surface area (Å²) in [6.45, 7) is 4.31. The van der Waals surface area contributed by atoms with Gasteiger partial charge >= 0.3 is 0 Å². The van der Waals surface area contributed by atoms with Crippen LogP contribution in [0.3, 0.4) is 0 Å². The van der Waals surface area contributed by atoms with E-state index in [1.54, 1.807) is 36.5 Å². The summed E-state index contributed by atoms with van der Waals surface area (Å²) in [4.78, 5) is 34.4. The topological polar surface area (TPSA) is 71.5 Å². The predicted octanol–water partition coefficient (Wildman–Crippen LogP) is 5.40. The van der Waals surface area contributed by atoms with Crippen LogP contribution < -0.4 is 15.0 Å². The molecule has 7 heteroatoms. The fraction of sp³-hybridized carbons (Fsp3) is 0.207. The Bertz CT molecular complexity index is 1310. The molecule has 184 valence electrons. The number of hydrogen-bond donors (Lipinski definition) is 1. The number of methoxy groups -OCH3 is 1. The molecule has 1 N–H and O–H groups in total. The number of hydrogen-bond acceptors (Lipinski definition) is 5. The van der Waals surface area contributed by atoms with Gasteiger partial charge in [0.1, 0.15) is 11.8 Å². The van der Waals surface area contributed by atoms with E-state index in [-0.39, 0.29) is 18.2 Å². The van der Waals surface area contributed by atoms with Gasteiger partial charge in [0.25, 0.3) is 0 Å². The van der Waals surface area contributed by atoms with Crippen molar-refractivity contribution in [2.75, 3.05) is 12.0 Å². The van der Waals surface area contributed by atoms with Gasteiger partial charge in [0.15, 0.2) is 0 Å². The van der Waals surface area contributed by atoms with Gasteiger partial charge in [0.2, 0.25) is 11.8 Å². The molecular formula is C29H29N3O3S. The molecule has 4 rings (SSSR count). The van der Waals surface area contributed by atoms with Gasteiger partial charge < -0.3 is 10.1 Å². The Morgan fingerprint density at radius 2 is 1.75 bits per heavy atom. The van der Waals surface area contributed by atoms with E-state index < -0.39 is 6.04 Å². The number of pyridine rings is 1. The molecule has 2 heterocycles. The second-order valence-electron chi connectivity index (χ2n) is 8.49. The number of carbonyl (C=O) groups excluding carboxylic acids is 2. The summed E-state index contributed by atoms with van der Waals surface area (Å²) in [5.41, 5.74) is 4.35. The fourth-order valence-corrected chi connectivity index (χ4v) is 4.75. The van der Waals surface area contributed by atoms with E-state index in [0.29, 0.717) is 12.1 Å². The highest BCUT2D eigenvalue weighted by Crippen LogP contribution is 2.32. The van der Waals surface area contributed by atoms with Gasteiger partial charge in [-0.1, -0.05) is 30.3 Å². The maximum atomic E-state index is 13.9. The van der Waals surface area contributed by atoms with Gasteiger partial charge in [0.05, 0.1) is 13.5 Å². The number of nitrogens with zero attached hydrogens (tertiary/aromatic N) is 2. The van der Waals surface area contributed by atoms with E-state index in [9.17, 15) is 9.59 Å². The van der Waals surface area contributed by atoms with Crippen molar-refractivity contribution >= 4 is 28.8 Å². The summed E-state index contributed by atoms with van der Waals surface area (Å²) in [6.07, 6.45) is 3.49. The molecule has 36 heavy (non-hydrogen) atoms. The van der Waals surface area contributed by atoms with Crippen molar-refractivity contribution in [2.45, 2.75) is 32.9 Å². The van der Waals surface area contributed by atoms with Crippen LogP contribution in [0.4, 0.5) is 5.69 Å². The predicted molar refractivity (Wildman–Crippen MR) is 143 cm³/mol. The third kappa shape index (κ3) is 5.80. The highest BCUT2D eigenvalue weighted by atomic mass is 32.1. The van der Waals surface area contributed by atoms with Crippen molar-refractivity contribution in [3.05, 3.63) is 112 Å². The first-order valence-electron chi connectivity index (χ1n) is 11.7. The number of nitrogens with one attached hydrogen (secondary N) is 1. The van der Waals surface area contributed by atoms with E-state index in [1.807, 2.05) is 73.8 Å². The highest BCUT2D eigenvalue weighted by molar-refractivity contribution is 7.10. The second kappa shape index (κ2) is 11.6. The summed E-state index contributed by atoms with van der Waals surface area (Å²) in [5.74, 6) is 0.338. The molecule has 0 aliphatic carbocycles. The molecule has 6 nitrogen and oxygen atoms in total. The van der Waals surface area contributed by atoms with Crippen molar-refractivity contribution in [1.82, 2.24) is 10.3 Å². The van der Waals surface area contributed by atoms with Crippen LogP contribution in [0.2, 0.25) is 0 Å². The number of rotatable bonds is 9. The molecule has 0 saturated heterocycles. The zero-order valence-corrected chi connectivity index (χ0v) is 21.4. The number of carbonyl (C=O) groups is 2. The second-order valence-corrected chi connectivity index (χ2v) is 9.52. The van der Waals surface area contributed by atoms with Gasteiger partial charge in [-0.05, 0) is 77.9 Å². The average Bonchev–Trinajstić information content (AvgIpc) is 3.41. The molecule has 2 amide bonds. The summed E-state index contributed by atoms with van der Waals surface area (Å²) < 4.78 is 5.22. The van der Waals surface area contributed by atoms with Gasteiger partial charge in [-0.2, -0.15) is 0 Å². The Morgan fingerprint density at radius 3 is 2.42 bits per heavy atom. The standard InChI is InChI=1S/C29H29N3O3S/c1-20-6-4-8-26(21(20)2)32(27(33)18-25-7-5-17-36-25)28(23-13-15-30-16-14-23)29(34)31-19-22-9-11-24(35-3)12-10-22/h4-17,28H,18-19H2,1-3H3,(H,31,34)/t28-/m1/s1. The summed E-state index contributed by atoms with van der Waals surface area (Å²) >= 11 is 1.53. The molecule has 2 aromatic carbocycles. The van der Waals surface area contributed by atoms with E-state index in [0.717, 1.165) is 33.0 Å². The summed E-state index contributed by atoms with van der Waals surface area (Å²) in [6, 6.07) is 19.9. The smallest absolute Gasteiger partial charge is 0.248 e. The Balaban J connectivity index is 1.72. The number of thiophene rings is 1. The maximum absolute atomic E-state index is 13.9. The minimum absolute atomic E-state index is 0.146. The molecule has 0 aliphatic heterocycles. The SMILES string of the molecule is COc1ccc(CNC(=O)[C@@H](c2ccncc2)N(C(=O)Cc2cccs2)c2cccc(C)c2C)cc1. The third-order valence-corrected chi connectivity index (χ3v) is 7.04. The molecule has 0 saturated carbocycles. The van der Waals surface area contributed by atoms with Crippen LogP contribution in [0.25, 0.3) is 0 Å². The molecular weight excluding hydrogens is 470 g/mol. The molecule has 2 aromatic heterocycles. The lowest BCUT2D eigenvalue weighted by Crippen LogP contribution is -2.44. The highest BCUT2D eigenvalue weighted by Gasteiger charge is 2.33. The molecule has 0 spiro atoms. The lowest BCUT2D eigenvalue weighted by molar-refractivity contribution is -0.126. The minimum atomic E-state index is -0.862. The average molecular weight is 500 g/mol. The number of anilines is 1. The van der Waals surface area contributed by atoms with Crippen molar-refractivity contribution in [2.24, 2.45) is 0 Å².